The van der Waals surface area contributed by atoms with Crippen molar-refractivity contribution < 1.29 is 44.0 Å². The molecule has 6 heteroatoms. The monoisotopic (exact) mass is 321 g/mol. The van der Waals surface area contributed by atoms with Crippen molar-refractivity contribution in [3.05, 3.63) is 48.5 Å². The summed E-state index contributed by atoms with van der Waals surface area (Å²) in [5.74, 6) is 0. The van der Waals surface area contributed by atoms with Gasteiger partial charge in [0.1, 0.15) is 4.90 Å². The Morgan fingerprint density at radius 2 is 1.32 bits per heavy atom. The molecule has 106 valence electrons. The number of rotatable bonds is 1. The molecule has 0 bridgehead atoms. The van der Waals surface area contributed by atoms with Gasteiger partial charge in [-0.3, -0.25) is 4.55 Å². The minimum absolute atomic E-state index is 0. The van der Waals surface area contributed by atoms with Crippen LogP contribution < -0.4 is 35.3 Å². The van der Waals surface area contributed by atoms with Crippen molar-refractivity contribution in [2.75, 3.05) is 5.73 Å². The van der Waals surface area contributed by atoms with Gasteiger partial charge in [0, 0.05) is 16.5 Å². The summed E-state index contributed by atoms with van der Waals surface area (Å²) in [4.78, 5) is -0.0770. The molecule has 22 heavy (non-hydrogen) atoms. The van der Waals surface area contributed by atoms with E-state index in [-0.39, 0.29) is 35.9 Å². The van der Waals surface area contributed by atoms with Crippen LogP contribution in [0.1, 0.15) is 1.43 Å². The molecule has 0 aliphatic heterocycles. The quantitative estimate of drug-likeness (QED) is 0.232. The minimum Gasteiger partial charge on any atom is -1.00 e. The second-order valence-electron chi connectivity index (χ2n) is 5.12. The molecule has 0 aromatic heterocycles. The first kappa shape index (κ1) is 15.5. The van der Waals surface area contributed by atoms with Crippen molar-refractivity contribution in [1.82, 2.24) is 0 Å². The van der Waals surface area contributed by atoms with Crippen molar-refractivity contribution in [3.63, 3.8) is 0 Å². The molecule has 4 aromatic rings. The molecule has 4 rings (SSSR count). The first-order chi connectivity index (χ1) is 9.97. The van der Waals surface area contributed by atoms with Gasteiger partial charge < -0.3 is 7.16 Å². The van der Waals surface area contributed by atoms with E-state index in [0.717, 1.165) is 26.9 Å². The molecule has 0 aliphatic carbocycles. The Morgan fingerprint density at radius 1 is 0.818 bits per heavy atom. The van der Waals surface area contributed by atoms with E-state index in [0.29, 0.717) is 11.1 Å². The summed E-state index contributed by atoms with van der Waals surface area (Å²) in [5.41, 5.74) is 6.67. The van der Waals surface area contributed by atoms with E-state index in [1.54, 1.807) is 12.1 Å². The maximum Gasteiger partial charge on any atom is 1.00 e. The van der Waals surface area contributed by atoms with Crippen LogP contribution in [0.2, 0.25) is 0 Å². The third-order valence-corrected chi connectivity index (χ3v) is 4.85. The topological polar surface area (TPSA) is 80.4 Å². The van der Waals surface area contributed by atoms with Crippen LogP contribution in [0.25, 0.3) is 32.3 Å². The molecule has 0 radical (unpaired) electrons. The Labute approximate surface area is 150 Å². The van der Waals surface area contributed by atoms with E-state index in [2.05, 4.69) is 0 Å². The third kappa shape index (κ3) is 2.09. The Kier molecular flexibility index (Phi) is 3.58. The van der Waals surface area contributed by atoms with Crippen LogP contribution in [-0.2, 0) is 10.1 Å². The van der Waals surface area contributed by atoms with Gasteiger partial charge in [-0.05, 0) is 33.7 Å². The molecule has 0 saturated heterocycles. The van der Waals surface area contributed by atoms with E-state index in [1.807, 2.05) is 30.3 Å². The van der Waals surface area contributed by atoms with Gasteiger partial charge in [-0.1, -0.05) is 36.4 Å². The van der Waals surface area contributed by atoms with Crippen molar-refractivity contribution in [2.24, 2.45) is 0 Å². The van der Waals surface area contributed by atoms with Gasteiger partial charge in [0.05, 0.1) is 0 Å². The van der Waals surface area contributed by atoms with Crippen molar-refractivity contribution in [1.29, 1.82) is 0 Å². The van der Waals surface area contributed by atoms with Gasteiger partial charge in [0.25, 0.3) is 10.1 Å². The van der Waals surface area contributed by atoms with Gasteiger partial charge in [0.2, 0.25) is 0 Å². The largest absolute Gasteiger partial charge is 1.00 e. The second-order valence-corrected chi connectivity index (χ2v) is 6.51. The fourth-order valence-corrected chi connectivity index (χ4v) is 3.71. The van der Waals surface area contributed by atoms with Crippen molar-refractivity contribution in [3.8, 4) is 0 Å². The molecule has 0 heterocycles. The zero-order valence-corrected chi connectivity index (χ0v) is 14.7. The Bertz CT molecular complexity index is 1130. The molecule has 3 N–H and O–H groups in total. The summed E-state index contributed by atoms with van der Waals surface area (Å²) < 4.78 is 32.6. The molecule has 0 unspecified atom stereocenters. The Hall–Kier alpha value is -1.37. The normalized spacial score (nSPS) is 12.0. The van der Waals surface area contributed by atoms with Gasteiger partial charge in [0.15, 0.2) is 0 Å². The van der Waals surface area contributed by atoms with Gasteiger partial charge >= 0.3 is 29.6 Å². The summed E-state index contributed by atoms with van der Waals surface area (Å²) in [6.07, 6.45) is 0. The van der Waals surface area contributed by atoms with E-state index in [9.17, 15) is 13.0 Å². The second kappa shape index (κ2) is 5.08. The van der Waals surface area contributed by atoms with Gasteiger partial charge in [-0.15, -0.1) is 0 Å². The number of nitrogen functional groups attached to an aromatic ring is 1. The van der Waals surface area contributed by atoms with E-state index in [1.165, 1.54) is 6.07 Å². The SMILES string of the molecule is Nc1ccc2ccc3c(S(=O)(=O)O)ccc4ccc1c2c43.[H-].[Na+]. The Morgan fingerprint density at radius 3 is 1.95 bits per heavy atom. The predicted molar refractivity (Wildman–Crippen MR) is 85.5 cm³/mol. The van der Waals surface area contributed by atoms with Crippen LogP contribution in [0.15, 0.2) is 53.4 Å². The zero-order chi connectivity index (χ0) is 14.8. The van der Waals surface area contributed by atoms with E-state index >= 15 is 0 Å². The van der Waals surface area contributed by atoms with Crippen LogP contribution in [0, 0.1) is 0 Å². The standard InChI is InChI=1S/C16H11NO3S.Na.H/c17-13-7-3-9-2-6-12-14(21(18,19)20)8-4-10-1-5-11(13)15(9)16(10)12;;/h1-8H,17H2,(H,18,19,20);;/q;+1;-1. The summed E-state index contributed by atoms with van der Waals surface area (Å²) in [6, 6.07) is 14.3. The van der Waals surface area contributed by atoms with E-state index in [4.69, 9.17) is 5.73 Å². The molecular weight excluding hydrogens is 309 g/mol. The van der Waals surface area contributed by atoms with Crippen LogP contribution in [0.3, 0.4) is 0 Å². The summed E-state index contributed by atoms with van der Waals surface area (Å²) in [6.45, 7) is 0. The number of hydrogen-bond donors (Lipinski definition) is 2. The Balaban J connectivity index is 0.000000960. The first-order valence-electron chi connectivity index (χ1n) is 6.40. The molecule has 4 nitrogen and oxygen atoms in total. The van der Waals surface area contributed by atoms with Crippen LogP contribution in [0.4, 0.5) is 5.69 Å². The van der Waals surface area contributed by atoms with Gasteiger partial charge in [-0.25, -0.2) is 0 Å². The van der Waals surface area contributed by atoms with Crippen molar-refractivity contribution >= 4 is 48.1 Å². The molecule has 0 atom stereocenters. The maximum atomic E-state index is 11.6. The fraction of sp³-hybridized carbons (Fsp3) is 0. The van der Waals surface area contributed by atoms with Gasteiger partial charge in [-0.2, -0.15) is 8.42 Å². The number of anilines is 1. The average Bonchev–Trinajstić information content (AvgIpc) is 2.45. The zero-order valence-electron chi connectivity index (χ0n) is 12.9. The predicted octanol–water partition coefficient (Wildman–Crippen LogP) is 0.529. The first-order valence-corrected chi connectivity index (χ1v) is 7.84. The molecule has 0 spiro atoms. The maximum absolute atomic E-state index is 11.6. The molecular formula is C16H12NNaO3S. The minimum atomic E-state index is -4.27. The summed E-state index contributed by atoms with van der Waals surface area (Å²) in [5, 5.41) is 5.05. The molecule has 0 fully saturated rings. The summed E-state index contributed by atoms with van der Waals surface area (Å²) in [7, 11) is -4.27. The van der Waals surface area contributed by atoms with E-state index < -0.39 is 10.1 Å². The number of hydrogen-bond acceptors (Lipinski definition) is 3. The smallest absolute Gasteiger partial charge is 1.00 e. The number of nitrogens with two attached hydrogens (primary N) is 1. The fourth-order valence-electron chi connectivity index (χ4n) is 3.02. The van der Waals surface area contributed by atoms with Crippen molar-refractivity contribution in [2.45, 2.75) is 4.90 Å². The molecule has 0 aliphatic rings. The molecule has 4 aromatic carbocycles. The third-order valence-electron chi connectivity index (χ3n) is 3.94. The summed E-state index contributed by atoms with van der Waals surface area (Å²) >= 11 is 0. The van der Waals surface area contributed by atoms with Crippen LogP contribution in [-0.4, -0.2) is 13.0 Å². The average molecular weight is 321 g/mol. The molecule has 0 amide bonds. The van der Waals surface area contributed by atoms with Crippen LogP contribution >= 0.6 is 0 Å². The molecule has 0 saturated carbocycles. The number of benzene rings is 4. The van der Waals surface area contributed by atoms with Crippen LogP contribution in [0.5, 0.6) is 0 Å².